The molecule has 0 bridgehead atoms. The third-order valence-corrected chi connectivity index (χ3v) is 6.89. The molecule has 1 aliphatic carbocycles. The molecule has 0 saturated carbocycles. The number of rotatable bonds is 8. The van der Waals surface area contributed by atoms with E-state index in [4.69, 9.17) is 10.3 Å². The quantitative estimate of drug-likeness (QED) is 0.249. The summed E-state index contributed by atoms with van der Waals surface area (Å²) in [5.41, 5.74) is 7.08. The van der Waals surface area contributed by atoms with Crippen LogP contribution in [0.3, 0.4) is 0 Å². The van der Waals surface area contributed by atoms with Gasteiger partial charge in [0, 0.05) is 28.7 Å². The summed E-state index contributed by atoms with van der Waals surface area (Å²) >= 11 is 0. The van der Waals surface area contributed by atoms with E-state index in [2.05, 4.69) is 21.6 Å². The van der Waals surface area contributed by atoms with Gasteiger partial charge in [-0.25, -0.2) is 4.68 Å². The van der Waals surface area contributed by atoms with Gasteiger partial charge >= 0.3 is 0 Å². The Morgan fingerprint density at radius 1 is 0.821 bits per heavy atom. The fourth-order valence-corrected chi connectivity index (χ4v) is 5.05. The zero-order chi connectivity index (χ0) is 26.6. The molecule has 0 saturated heterocycles. The normalized spacial score (nSPS) is 12.3. The number of nitriles is 1. The Morgan fingerprint density at radius 3 is 2.15 bits per heavy atom. The minimum absolute atomic E-state index is 0.0376. The van der Waals surface area contributed by atoms with E-state index in [0.29, 0.717) is 24.4 Å². The maximum Gasteiger partial charge on any atom is 0.194 e. The number of nitrogens with zero attached hydrogens (tertiary/aromatic N) is 6. The Labute approximate surface area is 226 Å². The first kappa shape index (κ1) is 24.1. The minimum Gasteiger partial charge on any atom is -0.289 e. The van der Waals surface area contributed by atoms with Gasteiger partial charge < -0.3 is 0 Å². The molecule has 0 spiro atoms. The number of aliphatic imine (C=N–C) groups is 1. The molecule has 39 heavy (non-hydrogen) atoms. The highest BCUT2D eigenvalue weighted by Crippen LogP contribution is 2.37. The van der Waals surface area contributed by atoms with Gasteiger partial charge in [-0.1, -0.05) is 97.1 Å². The zero-order valence-electron chi connectivity index (χ0n) is 21.1. The molecule has 7 nitrogen and oxygen atoms in total. The average molecular weight is 509 g/mol. The van der Waals surface area contributed by atoms with E-state index in [-0.39, 0.29) is 12.2 Å². The van der Waals surface area contributed by atoms with Gasteiger partial charge in [-0.05, 0) is 33.2 Å². The standard InChI is InChI=1S/C32H24N6O/c33-18-9-19-38-32(35-36-37-38)29(34-30(23-10-3-1-4-11-23)24-12-5-2-6-13-24)21-22-16-17-26-25-14-7-8-15-27(25)31(39)28(26)20-22/h1-8,10-17,20,29H,9,19,21H2. The van der Waals surface area contributed by atoms with Crippen LogP contribution in [0.2, 0.25) is 0 Å². The van der Waals surface area contributed by atoms with Crippen LogP contribution in [0.15, 0.2) is 108 Å². The van der Waals surface area contributed by atoms with Gasteiger partial charge in [0.15, 0.2) is 11.6 Å². The van der Waals surface area contributed by atoms with E-state index in [1.165, 1.54) is 0 Å². The SMILES string of the molecule is N#CCCn1nnnc1C(Cc1ccc2c(c1)C(=O)c1ccccc1-2)N=C(c1ccccc1)c1ccccc1. The van der Waals surface area contributed by atoms with Gasteiger partial charge in [-0.2, -0.15) is 5.26 Å². The summed E-state index contributed by atoms with van der Waals surface area (Å²) in [6, 6.07) is 35.5. The molecule has 6 rings (SSSR count). The van der Waals surface area contributed by atoms with Crippen LogP contribution in [0.5, 0.6) is 0 Å². The molecule has 1 aromatic heterocycles. The van der Waals surface area contributed by atoms with Crippen molar-refractivity contribution < 1.29 is 4.79 Å². The predicted octanol–water partition coefficient (Wildman–Crippen LogP) is 5.62. The number of aryl methyl sites for hydroxylation is 1. The summed E-state index contributed by atoms with van der Waals surface area (Å²) in [6.45, 7) is 0.370. The summed E-state index contributed by atoms with van der Waals surface area (Å²) in [4.78, 5) is 18.4. The second kappa shape index (κ2) is 10.6. The Hall–Kier alpha value is -5.22. The monoisotopic (exact) mass is 508 g/mol. The maximum absolute atomic E-state index is 13.2. The first-order valence-corrected chi connectivity index (χ1v) is 12.8. The lowest BCUT2D eigenvalue weighted by atomic mass is 9.98. The highest BCUT2D eigenvalue weighted by atomic mass is 16.1. The van der Waals surface area contributed by atoms with Crippen LogP contribution in [-0.4, -0.2) is 31.7 Å². The van der Waals surface area contributed by atoms with Crippen molar-refractivity contribution in [3.05, 3.63) is 137 Å². The summed E-state index contributed by atoms with van der Waals surface area (Å²) in [7, 11) is 0. The van der Waals surface area contributed by atoms with Crippen molar-refractivity contribution in [1.29, 1.82) is 5.26 Å². The molecule has 1 aliphatic rings. The molecule has 0 aliphatic heterocycles. The lowest BCUT2D eigenvalue weighted by molar-refractivity contribution is 0.104. The Morgan fingerprint density at radius 2 is 1.46 bits per heavy atom. The molecular formula is C32H24N6O. The third-order valence-electron chi connectivity index (χ3n) is 6.89. The maximum atomic E-state index is 13.2. The van der Waals surface area contributed by atoms with Crippen molar-refractivity contribution in [1.82, 2.24) is 20.2 Å². The van der Waals surface area contributed by atoms with Gasteiger partial charge in [0.2, 0.25) is 0 Å². The van der Waals surface area contributed by atoms with Crippen molar-refractivity contribution in [2.45, 2.75) is 25.4 Å². The number of benzene rings is 4. The second-order valence-corrected chi connectivity index (χ2v) is 9.35. The van der Waals surface area contributed by atoms with Crippen LogP contribution < -0.4 is 0 Å². The Bertz CT molecular complexity index is 1680. The van der Waals surface area contributed by atoms with Crippen LogP contribution in [0.25, 0.3) is 11.1 Å². The fourth-order valence-electron chi connectivity index (χ4n) is 5.05. The average Bonchev–Trinajstić information content (AvgIpc) is 3.57. The summed E-state index contributed by atoms with van der Waals surface area (Å²) in [6.07, 6.45) is 0.761. The van der Waals surface area contributed by atoms with Crippen molar-refractivity contribution in [2.24, 2.45) is 4.99 Å². The van der Waals surface area contributed by atoms with Gasteiger partial charge in [0.05, 0.1) is 24.7 Å². The number of hydrogen-bond donors (Lipinski definition) is 0. The molecule has 7 heteroatoms. The lowest BCUT2D eigenvalue weighted by Crippen LogP contribution is -2.15. The Balaban J connectivity index is 1.45. The molecule has 1 unspecified atom stereocenters. The van der Waals surface area contributed by atoms with Gasteiger partial charge in [-0.3, -0.25) is 9.79 Å². The van der Waals surface area contributed by atoms with E-state index in [1.54, 1.807) is 4.68 Å². The highest BCUT2D eigenvalue weighted by Gasteiger charge is 2.27. The van der Waals surface area contributed by atoms with Crippen molar-refractivity contribution >= 4 is 11.5 Å². The summed E-state index contributed by atoms with van der Waals surface area (Å²) in [5.74, 6) is 0.611. The predicted molar refractivity (Wildman–Crippen MR) is 148 cm³/mol. The largest absolute Gasteiger partial charge is 0.289 e. The smallest absolute Gasteiger partial charge is 0.194 e. The number of carbonyl (C=O) groups excluding carboxylic acids is 1. The van der Waals surface area contributed by atoms with Crippen LogP contribution >= 0.6 is 0 Å². The van der Waals surface area contributed by atoms with Gasteiger partial charge in [0.1, 0.15) is 6.04 Å². The van der Waals surface area contributed by atoms with Crippen LogP contribution in [-0.2, 0) is 13.0 Å². The Kier molecular flexibility index (Phi) is 6.59. The summed E-state index contributed by atoms with van der Waals surface area (Å²) in [5, 5.41) is 21.6. The molecule has 0 amide bonds. The zero-order valence-corrected chi connectivity index (χ0v) is 21.1. The first-order chi connectivity index (χ1) is 19.2. The number of fused-ring (bicyclic) bond motifs is 3. The molecule has 188 valence electrons. The van der Waals surface area contributed by atoms with Crippen LogP contribution in [0, 0.1) is 11.3 Å². The molecule has 5 aromatic rings. The van der Waals surface area contributed by atoms with Crippen LogP contribution in [0.4, 0.5) is 0 Å². The molecular weight excluding hydrogens is 484 g/mol. The summed E-state index contributed by atoms with van der Waals surface area (Å²) < 4.78 is 1.65. The molecule has 0 fully saturated rings. The second-order valence-electron chi connectivity index (χ2n) is 9.35. The van der Waals surface area contributed by atoms with Crippen LogP contribution in [0.1, 0.15) is 50.9 Å². The molecule has 4 aromatic carbocycles. The van der Waals surface area contributed by atoms with Crippen molar-refractivity contribution in [2.75, 3.05) is 0 Å². The number of carbonyl (C=O) groups is 1. The number of hydrogen-bond acceptors (Lipinski definition) is 6. The van der Waals surface area contributed by atoms with E-state index in [9.17, 15) is 4.79 Å². The van der Waals surface area contributed by atoms with E-state index in [1.807, 2.05) is 103 Å². The molecule has 1 atom stereocenters. The van der Waals surface area contributed by atoms with E-state index < -0.39 is 6.04 Å². The van der Waals surface area contributed by atoms with Crippen molar-refractivity contribution in [3.63, 3.8) is 0 Å². The van der Waals surface area contributed by atoms with Crippen molar-refractivity contribution in [3.8, 4) is 17.2 Å². The lowest BCUT2D eigenvalue weighted by Gasteiger charge is -2.16. The number of aromatic nitrogens is 4. The number of ketones is 1. The molecule has 1 heterocycles. The first-order valence-electron chi connectivity index (χ1n) is 12.8. The minimum atomic E-state index is -0.453. The molecule has 0 N–H and O–H groups in total. The van der Waals surface area contributed by atoms with E-state index >= 15 is 0 Å². The van der Waals surface area contributed by atoms with E-state index in [0.717, 1.165) is 39.1 Å². The number of tetrazole rings is 1. The molecule has 0 radical (unpaired) electrons. The van der Waals surface area contributed by atoms with Gasteiger partial charge in [-0.15, -0.1) is 5.10 Å². The van der Waals surface area contributed by atoms with Gasteiger partial charge in [0.25, 0.3) is 0 Å². The fraction of sp³-hybridized carbons (Fsp3) is 0.125. The topological polar surface area (TPSA) is 96.8 Å². The highest BCUT2D eigenvalue weighted by molar-refractivity contribution is 6.21. The third kappa shape index (κ3) is 4.76.